The minimum atomic E-state index is -0.747. The molecule has 0 heterocycles. The van der Waals surface area contributed by atoms with E-state index in [0.717, 1.165) is 24.0 Å². The van der Waals surface area contributed by atoms with E-state index < -0.39 is 5.60 Å². The minimum absolute atomic E-state index is 0.184. The van der Waals surface area contributed by atoms with Crippen molar-refractivity contribution in [2.45, 2.75) is 38.2 Å². The van der Waals surface area contributed by atoms with E-state index in [-0.39, 0.29) is 11.8 Å². The van der Waals surface area contributed by atoms with Crippen molar-refractivity contribution in [3.63, 3.8) is 0 Å². The SMILES string of the molecule is CC(C)C1(O)CCC(c2ccc(Cl)c(Cl)c2)c2ccccc21. The molecule has 22 heavy (non-hydrogen) atoms. The number of rotatable bonds is 2. The smallest absolute Gasteiger partial charge is 0.0922 e. The molecule has 3 rings (SSSR count). The maximum atomic E-state index is 11.1. The van der Waals surface area contributed by atoms with E-state index in [4.69, 9.17) is 23.2 Å². The molecule has 0 bridgehead atoms. The lowest BCUT2D eigenvalue weighted by Gasteiger charge is -2.41. The molecule has 2 aromatic carbocycles. The average Bonchev–Trinajstić information content (AvgIpc) is 2.51. The number of aliphatic hydroxyl groups is 1. The lowest BCUT2D eigenvalue weighted by Crippen LogP contribution is -2.37. The standard InChI is InChI=1S/C19H20Cl2O/c1-12(2)19(22)10-9-14(15-5-3-4-6-16(15)19)13-7-8-17(20)18(21)11-13/h3-8,11-12,14,22H,9-10H2,1-2H3. The van der Waals surface area contributed by atoms with Crippen molar-refractivity contribution >= 4 is 23.2 Å². The molecular formula is C19H20Cl2O. The molecule has 1 aliphatic carbocycles. The van der Waals surface area contributed by atoms with Crippen LogP contribution in [0.2, 0.25) is 10.0 Å². The van der Waals surface area contributed by atoms with Gasteiger partial charge >= 0.3 is 0 Å². The van der Waals surface area contributed by atoms with E-state index in [1.54, 1.807) is 0 Å². The Morgan fingerprint density at radius 3 is 2.50 bits per heavy atom. The van der Waals surface area contributed by atoms with Gasteiger partial charge in [-0.3, -0.25) is 0 Å². The molecular weight excluding hydrogens is 315 g/mol. The fraction of sp³-hybridized carbons (Fsp3) is 0.368. The normalized spacial score (nSPS) is 24.4. The van der Waals surface area contributed by atoms with E-state index in [0.29, 0.717) is 10.0 Å². The monoisotopic (exact) mass is 334 g/mol. The van der Waals surface area contributed by atoms with Crippen LogP contribution in [-0.2, 0) is 5.60 Å². The highest BCUT2D eigenvalue weighted by atomic mass is 35.5. The molecule has 0 radical (unpaired) electrons. The van der Waals surface area contributed by atoms with Gasteiger partial charge in [-0.1, -0.05) is 67.4 Å². The summed E-state index contributed by atoms with van der Waals surface area (Å²) in [5, 5.41) is 12.3. The van der Waals surface area contributed by atoms with E-state index in [2.05, 4.69) is 26.0 Å². The third-order valence-corrected chi connectivity index (χ3v) is 5.66. The largest absolute Gasteiger partial charge is 0.385 e. The van der Waals surface area contributed by atoms with Crippen LogP contribution in [0.1, 0.15) is 49.3 Å². The maximum absolute atomic E-state index is 11.1. The Balaban J connectivity index is 2.10. The highest BCUT2D eigenvalue weighted by Crippen LogP contribution is 2.47. The molecule has 1 aliphatic rings. The summed E-state index contributed by atoms with van der Waals surface area (Å²) in [6.07, 6.45) is 1.66. The molecule has 0 spiro atoms. The summed E-state index contributed by atoms with van der Waals surface area (Å²) >= 11 is 12.2. The van der Waals surface area contributed by atoms with Gasteiger partial charge < -0.3 is 5.11 Å². The van der Waals surface area contributed by atoms with Gasteiger partial charge in [0, 0.05) is 5.92 Å². The molecule has 0 aliphatic heterocycles. The average molecular weight is 335 g/mol. The predicted octanol–water partition coefficient (Wildman–Crippen LogP) is 5.76. The van der Waals surface area contributed by atoms with Gasteiger partial charge in [0.05, 0.1) is 15.6 Å². The molecule has 1 N–H and O–H groups in total. The van der Waals surface area contributed by atoms with Crippen LogP contribution < -0.4 is 0 Å². The van der Waals surface area contributed by atoms with Crippen molar-refractivity contribution in [2.24, 2.45) is 5.92 Å². The Hall–Kier alpha value is -1.02. The number of halogens is 2. The molecule has 0 saturated carbocycles. The first-order chi connectivity index (χ1) is 10.4. The Kier molecular flexibility index (Phi) is 4.24. The summed E-state index contributed by atoms with van der Waals surface area (Å²) in [7, 11) is 0. The molecule has 2 unspecified atom stereocenters. The van der Waals surface area contributed by atoms with Crippen LogP contribution in [-0.4, -0.2) is 5.11 Å². The van der Waals surface area contributed by atoms with Gasteiger partial charge in [-0.2, -0.15) is 0 Å². The number of hydrogen-bond acceptors (Lipinski definition) is 1. The number of hydrogen-bond donors (Lipinski definition) is 1. The predicted molar refractivity (Wildman–Crippen MR) is 92.7 cm³/mol. The third-order valence-electron chi connectivity index (χ3n) is 4.92. The van der Waals surface area contributed by atoms with Gasteiger partial charge in [-0.15, -0.1) is 0 Å². The van der Waals surface area contributed by atoms with Crippen LogP contribution in [0.25, 0.3) is 0 Å². The van der Waals surface area contributed by atoms with Crippen LogP contribution in [0.4, 0.5) is 0 Å². The van der Waals surface area contributed by atoms with Crippen LogP contribution in [0, 0.1) is 5.92 Å². The third kappa shape index (κ3) is 2.56. The molecule has 0 saturated heterocycles. The Bertz CT molecular complexity index is 696. The van der Waals surface area contributed by atoms with Crippen LogP contribution >= 0.6 is 23.2 Å². The molecule has 1 nitrogen and oxygen atoms in total. The summed E-state index contributed by atoms with van der Waals surface area (Å²) in [6, 6.07) is 14.1. The minimum Gasteiger partial charge on any atom is -0.385 e. The van der Waals surface area contributed by atoms with E-state index in [1.165, 1.54) is 5.56 Å². The molecule has 116 valence electrons. The van der Waals surface area contributed by atoms with Crippen molar-refractivity contribution in [3.05, 3.63) is 69.2 Å². The van der Waals surface area contributed by atoms with Gasteiger partial charge in [0.1, 0.15) is 0 Å². The highest BCUT2D eigenvalue weighted by molar-refractivity contribution is 6.42. The van der Waals surface area contributed by atoms with Gasteiger partial charge in [-0.05, 0) is 47.6 Å². The molecule has 3 heteroatoms. The Morgan fingerprint density at radius 1 is 1.09 bits per heavy atom. The fourth-order valence-electron chi connectivity index (χ4n) is 3.52. The lowest BCUT2D eigenvalue weighted by molar-refractivity contribution is -0.0278. The van der Waals surface area contributed by atoms with Crippen molar-refractivity contribution in [1.82, 2.24) is 0 Å². The Morgan fingerprint density at radius 2 is 1.82 bits per heavy atom. The zero-order valence-corrected chi connectivity index (χ0v) is 14.3. The number of fused-ring (bicyclic) bond motifs is 1. The summed E-state index contributed by atoms with van der Waals surface area (Å²) in [6.45, 7) is 4.16. The highest BCUT2D eigenvalue weighted by Gasteiger charge is 2.40. The van der Waals surface area contributed by atoms with Crippen LogP contribution in [0.3, 0.4) is 0 Å². The first-order valence-corrected chi connectivity index (χ1v) is 8.46. The summed E-state index contributed by atoms with van der Waals surface area (Å²) in [5.41, 5.74) is 2.66. The topological polar surface area (TPSA) is 20.2 Å². The second kappa shape index (κ2) is 5.88. The zero-order chi connectivity index (χ0) is 15.9. The lowest BCUT2D eigenvalue weighted by atomic mass is 9.68. The van der Waals surface area contributed by atoms with Crippen LogP contribution in [0.5, 0.6) is 0 Å². The molecule has 0 fully saturated rings. The van der Waals surface area contributed by atoms with Gasteiger partial charge in [0.2, 0.25) is 0 Å². The van der Waals surface area contributed by atoms with Crippen molar-refractivity contribution in [1.29, 1.82) is 0 Å². The molecule has 0 amide bonds. The Labute approximate surface area is 141 Å². The summed E-state index contributed by atoms with van der Waals surface area (Å²) in [5.74, 6) is 0.438. The van der Waals surface area contributed by atoms with E-state index >= 15 is 0 Å². The van der Waals surface area contributed by atoms with Crippen molar-refractivity contribution in [2.75, 3.05) is 0 Å². The first kappa shape index (κ1) is 15.9. The summed E-state index contributed by atoms with van der Waals surface area (Å²) < 4.78 is 0. The van der Waals surface area contributed by atoms with Crippen LogP contribution in [0.15, 0.2) is 42.5 Å². The maximum Gasteiger partial charge on any atom is 0.0922 e. The second-order valence-electron chi connectivity index (χ2n) is 6.43. The second-order valence-corrected chi connectivity index (χ2v) is 7.25. The quantitative estimate of drug-likeness (QED) is 0.739. The van der Waals surface area contributed by atoms with Gasteiger partial charge in [-0.25, -0.2) is 0 Å². The molecule has 2 atom stereocenters. The molecule has 0 aromatic heterocycles. The number of benzene rings is 2. The van der Waals surface area contributed by atoms with E-state index in [9.17, 15) is 5.11 Å². The van der Waals surface area contributed by atoms with E-state index in [1.807, 2.05) is 30.3 Å². The van der Waals surface area contributed by atoms with Crippen molar-refractivity contribution < 1.29 is 5.11 Å². The molecule has 2 aromatic rings. The fourth-order valence-corrected chi connectivity index (χ4v) is 3.83. The van der Waals surface area contributed by atoms with Gasteiger partial charge in [0.15, 0.2) is 0 Å². The first-order valence-electron chi connectivity index (χ1n) is 7.70. The van der Waals surface area contributed by atoms with Gasteiger partial charge in [0.25, 0.3) is 0 Å². The van der Waals surface area contributed by atoms with Crippen molar-refractivity contribution in [3.8, 4) is 0 Å². The summed E-state index contributed by atoms with van der Waals surface area (Å²) in [4.78, 5) is 0. The zero-order valence-electron chi connectivity index (χ0n) is 12.8.